The number of fused-ring (bicyclic) bond motifs is 20. The van der Waals surface area contributed by atoms with Gasteiger partial charge >= 0.3 is 0 Å². The van der Waals surface area contributed by atoms with Gasteiger partial charge in [0.15, 0.2) is 0 Å². The molecule has 14 aromatic rings. The lowest BCUT2D eigenvalue weighted by Crippen LogP contribution is -2.18. The van der Waals surface area contributed by atoms with Gasteiger partial charge in [-0.1, -0.05) is 242 Å². The molecule has 4 aliphatic rings. The highest BCUT2D eigenvalue weighted by atomic mass is 15.0. The lowest BCUT2D eigenvalue weighted by molar-refractivity contribution is 0.651. The summed E-state index contributed by atoms with van der Waals surface area (Å²) in [6, 6.07) is 83.7. The molecule has 1 atom stereocenters. The smallest absolute Gasteiger partial charge is 0.0725 e. The third-order valence-corrected chi connectivity index (χ3v) is 22.3. The molecular formula is C90H73N5. The summed E-state index contributed by atoms with van der Waals surface area (Å²) in [4.78, 5) is 10.8. The summed E-state index contributed by atoms with van der Waals surface area (Å²) in [5.74, 6) is 0. The van der Waals surface area contributed by atoms with Crippen LogP contribution in [0.1, 0.15) is 112 Å². The van der Waals surface area contributed by atoms with E-state index in [4.69, 9.17) is 9.98 Å². The van der Waals surface area contributed by atoms with E-state index < -0.39 is 0 Å². The fraction of sp³-hybridized carbons (Fsp3) is 0.156. The molecule has 11 aromatic carbocycles. The normalized spacial score (nSPS) is 16.0. The lowest BCUT2D eigenvalue weighted by Gasteiger charge is -2.25. The Bertz CT molecular complexity index is 5830. The molecule has 0 saturated carbocycles. The van der Waals surface area contributed by atoms with Crippen molar-refractivity contribution >= 4 is 89.1 Å². The van der Waals surface area contributed by atoms with Crippen LogP contribution in [-0.4, -0.2) is 26.1 Å². The van der Waals surface area contributed by atoms with Gasteiger partial charge in [-0.05, 0) is 148 Å². The van der Waals surface area contributed by atoms with Crippen LogP contribution in [0, 0.1) is 0 Å². The Kier molecular flexibility index (Phi) is 12.5. The van der Waals surface area contributed by atoms with Crippen molar-refractivity contribution in [3.05, 3.63) is 311 Å². The largest absolute Gasteiger partial charge is 0.333 e. The fourth-order valence-corrected chi connectivity index (χ4v) is 17.8. The molecule has 3 heterocycles. The zero-order valence-corrected chi connectivity index (χ0v) is 55.0. The molecule has 95 heavy (non-hydrogen) atoms. The van der Waals surface area contributed by atoms with Gasteiger partial charge in [-0.3, -0.25) is 9.98 Å². The summed E-state index contributed by atoms with van der Waals surface area (Å²) in [5.41, 5.74) is 32.2. The Balaban J connectivity index is 0.819. The number of allylic oxidation sites excluding steroid dienone is 7. The maximum atomic E-state index is 5.91. The van der Waals surface area contributed by atoms with Gasteiger partial charge in [-0.25, -0.2) is 0 Å². The van der Waals surface area contributed by atoms with Crippen molar-refractivity contribution in [2.24, 2.45) is 9.98 Å². The average Bonchev–Trinajstić information content (AvgIpc) is 1.56. The molecular weight excluding hydrogens is 1150 g/mol. The van der Waals surface area contributed by atoms with E-state index in [1.807, 2.05) is 6.08 Å². The Labute approximate surface area is 555 Å². The molecule has 5 nitrogen and oxygen atoms in total. The first-order valence-corrected chi connectivity index (χ1v) is 33.8. The van der Waals surface area contributed by atoms with Crippen LogP contribution in [0.3, 0.4) is 0 Å². The van der Waals surface area contributed by atoms with Gasteiger partial charge < -0.3 is 13.7 Å². The predicted molar refractivity (Wildman–Crippen MR) is 402 cm³/mol. The summed E-state index contributed by atoms with van der Waals surface area (Å²) < 4.78 is 7.62. The molecule has 0 aliphatic heterocycles. The summed E-state index contributed by atoms with van der Waals surface area (Å²) in [7, 11) is 0. The van der Waals surface area contributed by atoms with Crippen LogP contribution in [0.5, 0.6) is 0 Å². The zero-order chi connectivity index (χ0) is 64.4. The van der Waals surface area contributed by atoms with Crippen LogP contribution in [0.4, 0.5) is 5.69 Å². The van der Waals surface area contributed by atoms with Gasteiger partial charge in [0.25, 0.3) is 0 Å². The molecule has 0 amide bonds. The van der Waals surface area contributed by atoms with Crippen LogP contribution >= 0.6 is 0 Å². The van der Waals surface area contributed by atoms with Crippen LogP contribution in [0.25, 0.3) is 116 Å². The maximum absolute atomic E-state index is 5.91. The van der Waals surface area contributed by atoms with E-state index in [-0.39, 0.29) is 22.3 Å². The molecule has 0 spiro atoms. The minimum Gasteiger partial charge on any atom is -0.333 e. The highest BCUT2D eigenvalue weighted by Gasteiger charge is 2.42. The predicted octanol–water partition coefficient (Wildman–Crippen LogP) is 23.4. The quantitative estimate of drug-likeness (QED) is 0.0915. The molecule has 18 rings (SSSR count). The van der Waals surface area contributed by atoms with Crippen molar-refractivity contribution in [2.75, 3.05) is 0 Å². The van der Waals surface area contributed by atoms with E-state index in [9.17, 15) is 0 Å². The number of benzene rings is 11. The Morgan fingerprint density at radius 1 is 0.495 bits per heavy atom. The Morgan fingerprint density at radius 3 is 1.66 bits per heavy atom. The van der Waals surface area contributed by atoms with Gasteiger partial charge in [0.2, 0.25) is 0 Å². The first-order valence-electron chi connectivity index (χ1n) is 33.8. The third kappa shape index (κ3) is 8.02. The first kappa shape index (κ1) is 56.8. The highest BCUT2D eigenvalue weighted by Crippen LogP contribution is 2.57. The van der Waals surface area contributed by atoms with Crippen LogP contribution in [0.2, 0.25) is 0 Å². The highest BCUT2D eigenvalue weighted by molar-refractivity contribution is 6.20. The van der Waals surface area contributed by atoms with Crippen LogP contribution in [-0.2, 0) is 22.8 Å². The van der Waals surface area contributed by atoms with Crippen molar-refractivity contribution in [3.63, 3.8) is 0 Å². The summed E-state index contributed by atoms with van der Waals surface area (Å²) >= 11 is 0. The van der Waals surface area contributed by atoms with Gasteiger partial charge in [0, 0.05) is 93.3 Å². The molecule has 0 fully saturated rings. The van der Waals surface area contributed by atoms with E-state index in [0.717, 1.165) is 69.0 Å². The average molecular weight is 1220 g/mol. The van der Waals surface area contributed by atoms with Crippen molar-refractivity contribution in [3.8, 4) is 44.8 Å². The monoisotopic (exact) mass is 1220 g/mol. The maximum Gasteiger partial charge on any atom is 0.0725 e. The zero-order valence-electron chi connectivity index (χ0n) is 55.0. The Morgan fingerprint density at radius 2 is 1.03 bits per heavy atom. The number of nitrogens with zero attached hydrogens (tertiary/aromatic N) is 5. The minimum atomic E-state index is -0.243. The van der Waals surface area contributed by atoms with Crippen molar-refractivity contribution in [1.29, 1.82) is 0 Å². The van der Waals surface area contributed by atoms with E-state index in [0.29, 0.717) is 6.54 Å². The number of rotatable bonds is 11. The molecule has 5 heteroatoms. The molecule has 0 bridgehead atoms. The van der Waals surface area contributed by atoms with Crippen LogP contribution < -0.4 is 0 Å². The SMILES string of the molecule is C=C/C=C(/C(=NCc1ccc(-n2c3ccccc3c3ccc4c(c32)-c2ccccc2C4(C)C)cc1)c1cc(-c2cccc(-n3c4ccccc4c4ccc5c(c43)C3=C(C=CCC3)C5(C)C)c2)ccc1N=C)C(C)n1c2ccccc2c2ccc3c(c21)-c1ccccc1C3(C)C. The molecule has 458 valence electrons. The van der Waals surface area contributed by atoms with Gasteiger partial charge in [-0.15, -0.1) is 0 Å². The van der Waals surface area contributed by atoms with E-state index in [1.54, 1.807) is 0 Å². The topological polar surface area (TPSA) is 39.5 Å². The fourth-order valence-electron chi connectivity index (χ4n) is 17.8. The summed E-state index contributed by atoms with van der Waals surface area (Å²) in [6.45, 7) is 25.8. The molecule has 0 N–H and O–H groups in total. The molecule has 1 unspecified atom stereocenters. The van der Waals surface area contributed by atoms with Gasteiger partial charge in [-0.2, -0.15) is 0 Å². The summed E-state index contributed by atoms with van der Waals surface area (Å²) in [6.07, 6.45) is 11.0. The lowest BCUT2D eigenvalue weighted by atomic mass is 9.80. The van der Waals surface area contributed by atoms with Gasteiger partial charge in [0.1, 0.15) is 0 Å². The van der Waals surface area contributed by atoms with Crippen molar-refractivity contribution in [1.82, 2.24) is 13.7 Å². The number of aliphatic imine (C=N–C) groups is 2. The molecule has 0 saturated heterocycles. The number of para-hydroxylation sites is 3. The third-order valence-electron chi connectivity index (χ3n) is 22.3. The van der Waals surface area contributed by atoms with Crippen molar-refractivity contribution in [2.45, 2.75) is 90.1 Å². The molecule has 3 aromatic heterocycles. The second-order valence-corrected chi connectivity index (χ2v) is 28.3. The molecule has 0 radical (unpaired) electrons. The van der Waals surface area contributed by atoms with Crippen LogP contribution in [0.15, 0.2) is 276 Å². The molecule has 4 aliphatic carbocycles. The second kappa shape index (κ2) is 20.8. The van der Waals surface area contributed by atoms with Gasteiger partial charge in [0.05, 0.1) is 51.6 Å². The van der Waals surface area contributed by atoms with E-state index >= 15 is 0 Å². The second-order valence-electron chi connectivity index (χ2n) is 28.3. The number of aromatic nitrogens is 3. The number of hydrogen-bond donors (Lipinski definition) is 0. The van der Waals surface area contributed by atoms with E-state index in [1.165, 1.54) is 127 Å². The first-order chi connectivity index (χ1) is 46.3. The minimum absolute atomic E-state index is 0.0986. The van der Waals surface area contributed by atoms with Crippen molar-refractivity contribution < 1.29 is 0 Å². The summed E-state index contributed by atoms with van der Waals surface area (Å²) in [5, 5.41) is 7.50. The van der Waals surface area contributed by atoms with E-state index in [2.05, 4.69) is 318 Å². The standard InChI is InChI=1S/C90H73N5/c1-10-24-60(54(2)93-78-36-20-14-27-61(78)64-44-47-74-81(85(64)93)67-30-11-17-33-71(67)88(74,3)4)84(92-53-55-39-42-58(43-40-55)94-79-37-21-15-28-62(79)65-45-48-75-82(86(65)94)68-31-12-18-34-72(68)89(75,5)6)70-52-57(41-50-77(70)91-9)56-25-23-26-59(51-56)95-80-38-22-16-29-63(80)66-46-49-76-83(87(66)95)69-32-13-19-35-73(69)90(76,7)8/h10-12,14-31,33-52,54H,1,9,13,32,53H2,2-8H3/b60-24+,92-84?. The number of hydrogen-bond acceptors (Lipinski definition) is 2. The Hall–Kier alpha value is -10.9.